The van der Waals surface area contributed by atoms with Gasteiger partial charge in [-0.15, -0.1) is 0 Å². The molecule has 254 valence electrons. The molecule has 2 saturated heterocycles. The number of ether oxygens (including phenoxy) is 11. The molecular weight excluding hydrogens is 612 g/mol. The van der Waals surface area contributed by atoms with Gasteiger partial charge in [-0.2, -0.15) is 0 Å². The van der Waals surface area contributed by atoms with Crippen LogP contribution in [0.5, 0.6) is 0 Å². The maximum absolute atomic E-state index is 12.1. The lowest BCUT2D eigenvalue weighted by Gasteiger charge is -2.44. The van der Waals surface area contributed by atoms with Gasteiger partial charge in [-0.25, -0.2) is 0 Å². The van der Waals surface area contributed by atoms with Crippen molar-refractivity contribution in [1.29, 1.82) is 0 Å². The number of hydrogen-bond acceptors (Lipinski definition) is 18. The second-order valence-corrected chi connectivity index (χ2v) is 9.90. The summed E-state index contributed by atoms with van der Waals surface area (Å²) < 4.78 is 60.0. The fraction of sp³-hybridized carbons (Fsp3) is 0.741. The maximum Gasteiger partial charge on any atom is 0.303 e. The van der Waals surface area contributed by atoms with Crippen LogP contribution in [0, 0.1) is 0 Å². The number of hydrogen-bond donors (Lipinski definition) is 0. The second-order valence-electron chi connectivity index (χ2n) is 9.90. The zero-order valence-corrected chi connectivity index (χ0v) is 26.0. The maximum atomic E-state index is 12.1. The van der Waals surface area contributed by atoms with Crippen LogP contribution < -0.4 is 0 Å². The zero-order valence-electron chi connectivity index (χ0n) is 26.0. The Hall–Kier alpha value is -3.87. The highest BCUT2D eigenvalue weighted by molar-refractivity contribution is 5.69. The average molecular weight is 651 g/mol. The highest BCUT2D eigenvalue weighted by Gasteiger charge is 2.56. The van der Waals surface area contributed by atoms with Crippen LogP contribution in [0.2, 0.25) is 0 Å². The van der Waals surface area contributed by atoms with Crippen molar-refractivity contribution >= 4 is 41.8 Å². The fourth-order valence-corrected chi connectivity index (χ4v) is 4.70. The summed E-state index contributed by atoms with van der Waals surface area (Å²) in [6.45, 7) is 6.45. The van der Waals surface area contributed by atoms with Crippen molar-refractivity contribution in [1.82, 2.24) is 0 Å². The van der Waals surface area contributed by atoms with Gasteiger partial charge in [-0.3, -0.25) is 33.6 Å². The van der Waals surface area contributed by atoms with Crippen LogP contribution in [0.4, 0.5) is 0 Å². The Morgan fingerprint density at radius 1 is 0.556 bits per heavy atom. The van der Waals surface area contributed by atoms with Crippen LogP contribution in [0.3, 0.4) is 0 Å². The van der Waals surface area contributed by atoms with Crippen molar-refractivity contribution in [3.8, 4) is 0 Å². The van der Waals surface area contributed by atoms with E-state index in [0.717, 1.165) is 48.5 Å². The molecule has 2 heterocycles. The first-order chi connectivity index (χ1) is 21.0. The molecule has 18 heteroatoms. The molecule has 0 aromatic carbocycles. The summed E-state index contributed by atoms with van der Waals surface area (Å²) in [4.78, 5) is 83.6. The molecule has 2 aliphatic rings. The van der Waals surface area contributed by atoms with Gasteiger partial charge in [0.15, 0.2) is 49.2 Å². The van der Waals surface area contributed by atoms with Gasteiger partial charge in [0.05, 0.1) is 6.61 Å². The number of carbonyl (C=O) groups excluding carboxylic acids is 7. The first-order valence-corrected chi connectivity index (χ1v) is 13.7. The monoisotopic (exact) mass is 650 g/mol. The molecule has 0 spiro atoms. The predicted octanol–water partition coefficient (Wildman–Crippen LogP) is -0.747. The quantitative estimate of drug-likeness (QED) is 0.177. The van der Waals surface area contributed by atoms with Crippen LogP contribution in [0.25, 0.3) is 0 Å². The van der Waals surface area contributed by atoms with Gasteiger partial charge in [0.1, 0.15) is 18.8 Å². The normalized spacial score (nSPS) is 29.8. The Labute approximate surface area is 258 Å². The second kappa shape index (κ2) is 17.0. The minimum absolute atomic E-state index is 0.509. The van der Waals surface area contributed by atoms with E-state index in [4.69, 9.17) is 52.1 Å². The number of esters is 7. The summed E-state index contributed by atoms with van der Waals surface area (Å²) in [6, 6.07) is 0. The zero-order chi connectivity index (χ0) is 34.0. The van der Waals surface area contributed by atoms with E-state index >= 15 is 0 Å². The standard InChI is InChI=1S/C27H38O18/c1-11(28)36-9-19-20(39-13(3)30)22(40-14(4)31)25(43-17(7)34)27(44-19)37-10-18(38-12(2)29)21-23(41-15(5)32)24(42-16(6)33)26(35-8)45-21/h18-27H,9-10H2,1-8H3/t18?,19?,20-,21+,22?,23?,24?,25?,26-,27+/m1/s1. The van der Waals surface area contributed by atoms with E-state index in [2.05, 4.69) is 0 Å². The van der Waals surface area contributed by atoms with E-state index < -0.39 is 116 Å². The van der Waals surface area contributed by atoms with E-state index in [9.17, 15) is 33.6 Å². The van der Waals surface area contributed by atoms with Crippen molar-refractivity contribution < 1.29 is 85.7 Å². The Morgan fingerprint density at radius 2 is 1.02 bits per heavy atom. The van der Waals surface area contributed by atoms with Gasteiger partial charge in [0.2, 0.25) is 0 Å². The van der Waals surface area contributed by atoms with Crippen molar-refractivity contribution in [3.63, 3.8) is 0 Å². The molecule has 45 heavy (non-hydrogen) atoms. The smallest absolute Gasteiger partial charge is 0.303 e. The molecule has 0 aliphatic carbocycles. The van der Waals surface area contributed by atoms with E-state index in [1.807, 2.05) is 0 Å². The van der Waals surface area contributed by atoms with Gasteiger partial charge in [-0.1, -0.05) is 0 Å². The first kappa shape index (κ1) is 37.3. The van der Waals surface area contributed by atoms with Gasteiger partial charge >= 0.3 is 41.8 Å². The molecule has 2 aliphatic heterocycles. The number of rotatable bonds is 13. The summed E-state index contributed by atoms with van der Waals surface area (Å²) in [5.41, 5.74) is 0. The van der Waals surface area contributed by atoms with Gasteiger partial charge in [0, 0.05) is 55.6 Å². The van der Waals surface area contributed by atoms with Crippen molar-refractivity contribution in [2.45, 2.75) is 110 Å². The van der Waals surface area contributed by atoms with E-state index in [-0.39, 0.29) is 0 Å². The van der Waals surface area contributed by atoms with E-state index in [0.29, 0.717) is 0 Å². The van der Waals surface area contributed by atoms with Gasteiger partial charge in [0.25, 0.3) is 0 Å². The van der Waals surface area contributed by atoms with Crippen molar-refractivity contribution in [2.75, 3.05) is 20.3 Å². The number of methoxy groups -OCH3 is 1. The van der Waals surface area contributed by atoms with Crippen molar-refractivity contribution in [2.24, 2.45) is 0 Å². The van der Waals surface area contributed by atoms with Crippen LogP contribution in [0.15, 0.2) is 0 Å². The van der Waals surface area contributed by atoms with E-state index in [1.165, 1.54) is 7.11 Å². The molecule has 0 saturated carbocycles. The van der Waals surface area contributed by atoms with Crippen LogP contribution >= 0.6 is 0 Å². The SMILES string of the molecule is CO[C@@H]1O[C@@H](C(CO[C@H]2OC(COC(C)=O)[C@@H](OC(C)=O)C(OC(C)=O)C2OC(C)=O)OC(C)=O)C(OC(C)=O)C1OC(C)=O. The lowest BCUT2D eigenvalue weighted by Crippen LogP contribution is -2.63. The molecule has 2 rings (SSSR count). The lowest BCUT2D eigenvalue weighted by atomic mass is 9.98. The predicted molar refractivity (Wildman–Crippen MR) is 140 cm³/mol. The van der Waals surface area contributed by atoms with Gasteiger partial charge in [-0.05, 0) is 0 Å². The van der Waals surface area contributed by atoms with Crippen molar-refractivity contribution in [3.05, 3.63) is 0 Å². The van der Waals surface area contributed by atoms with Crippen LogP contribution in [-0.4, -0.2) is 124 Å². The van der Waals surface area contributed by atoms with Crippen LogP contribution in [0.1, 0.15) is 48.5 Å². The summed E-state index contributed by atoms with van der Waals surface area (Å²) in [6.07, 6.45) is -14.1. The molecule has 18 nitrogen and oxygen atoms in total. The fourth-order valence-electron chi connectivity index (χ4n) is 4.70. The third kappa shape index (κ3) is 11.2. The Bertz CT molecular complexity index is 1110. The third-order valence-electron chi connectivity index (χ3n) is 6.10. The summed E-state index contributed by atoms with van der Waals surface area (Å²) >= 11 is 0. The Morgan fingerprint density at radius 3 is 1.49 bits per heavy atom. The molecule has 0 amide bonds. The molecule has 0 bridgehead atoms. The molecule has 0 N–H and O–H groups in total. The Kier molecular flexibility index (Phi) is 14.1. The van der Waals surface area contributed by atoms with E-state index in [1.54, 1.807) is 0 Å². The number of carbonyl (C=O) groups is 7. The topological polar surface area (TPSA) is 221 Å². The first-order valence-electron chi connectivity index (χ1n) is 13.7. The lowest BCUT2D eigenvalue weighted by molar-refractivity contribution is -0.313. The summed E-state index contributed by atoms with van der Waals surface area (Å²) in [5, 5.41) is 0. The minimum atomic E-state index is -1.63. The average Bonchev–Trinajstić information content (AvgIpc) is 3.22. The van der Waals surface area contributed by atoms with Gasteiger partial charge < -0.3 is 52.1 Å². The summed E-state index contributed by atoms with van der Waals surface area (Å²) in [5.74, 6) is -5.62. The molecule has 0 aromatic heterocycles. The largest absolute Gasteiger partial charge is 0.463 e. The highest BCUT2D eigenvalue weighted by atomic mass is 16.8. The minimum Gasteiger partial charge on any atom is -0.463 e. The molecule has 6 unspecified atom stereocenters. The Balaban J connectivity index is 2.50. The summed E-state index contributed by atoms with van der Waals surface area (Å²) in [7, 11) is 1.24. The molecule has 2 fully saturated rings. The molecule has 0 radical (unpaired) electrons. The molecule has 0 aromatic rings. The molecule has 10 atom stereocenters. The molecular formula is C27H38O18. The third-order valence-corrected chi connectivity index (χ3v) is 6.10. The van der Waals surface area contributed by atoms with Crippen LogP contribution in [-0.2, 0) is 85.7 Å². The highest BCUT2D eigenvalue weighted by Crippen LogP contribution is 2.33.